The number of ether oxygens (including phenoxy) is 1. The lowest BCUT2D eigenvalue weighted by atomic mass is 10.0. The van der Waals surface area contributed by atoms with Crippen LogP contribution in [0.4, 0.5) is 0 Å². The predicted octanol–water partition coefficient (Wildman–Crippen LogP) is 1.62. The molecule has 0 N–H and O–H groups in total. The van der Waals surface area contributed by atoms with E-state index >= 15 is 0 Å². The number of hydrogen-bond acceptors (Lipinski definition) is 1. The number of hydrogen-bond donors (Lipinski definition) is 0. The molecule has 1 rings (SSSR count). The number of rotatable bonds is 4. The summed E-state index contributed by atoms with van der Waals surface area (Å²) >= 11 is 0. The lowest BCUT2D eigenvalue weighted by Gasteiger charge is -2.04. The fourth-order valence-corrected chi connectivity index (χ4v) is 1.35. The first kappa shape index (κ1) is 8.02. The van der Waals surface area contributed by atoms with Gasteiger partial charge in [0.2, 0.25) is 0 Å². The standard InChI is InChI=1S/C8H15O2/c9-5-2-1-3-8-4-6-10-7-8/h8H,1-7H2. The van der Waals surface area contributed by atoms with Crippen LogP contribution in [0.25, 0.3) is 0 Å². The van der Waals surface area contributed by atoms with Crippen LogP contribution < -0.4 is 0 Å². The van der Waals surface area contributed by atoms with E-state index in [2.05, 4.69) is 0 Å². The van der Waals surface area contributed by atoms with Crippen molar-refractivity contribution in [2.75, 3.05) is 19.8 Å². The maximum atomic E-state index is 10.1. The van der Waals surface area contributed by atoms with Gasteiger partial charge < -0.3 is 4.74 Å². The van der Waals surface area contributed by atoms with E-state index in [0.717, 1.165) is 32.0 Å². The van der Waals surface area contributed by atoms with Crippen molar-refractivity contribution in [2.24, 2.45) is 5.92 Å². The average Bonchev–Trinajstić information content (AvgIpc) is 2.41. The molecule has 0 aromatic heterocycles. The van der Waals surface area contributed by atoms with Crippen LogP contribution in [-0.2, 0) is 9.84 Å². The molecule has 59 valence electrons. The molecule has 2 heteroatoms. The van der Waals surface area contributed by atoms with Gasteiger partial charge in [0.15, 0.2) is 0 Å². The Morgan fingerprint density at radius 1 is 1.40 bits per heavy atom. The summed E-state index contributed by atoms with van der Waals surface area (Å²) in [6.07, 6.45) is 4.34. The second-order valence-corrected chi connectivity index (χ2v) is 2.93. The summed E-state index contributed by atoms with van der Waals surface area (Å²) in [5, 5.41) is 10.1. The molecule has 0 bridgehead atoms. The quantitative estimate of drug-likeness (QED) is 0.550. The minimum absolute atomic E-state index is 0.0909. The summed E-state index contributed by atoms with van der Waals surface area (Å²) in [7, 11) is 0. The molecule has 1 heterocycles. The Balaban J connectivity index is 1.91. The van der Waals surface area contributed by atoms with Crippen molar-refractivity contribution in [3.63, 3.8) is 0 Å². The van der Waals surface area contributed by atoms with Crippen LogP contribution in [0.1, 0.15) is 25.7 Å². The van der Waals surface area contributed by atoms with Crippen molar-refractivity contribution in [1.82, 2.24) is 0 Å². The van der Waals surface area contributed by atoms with Gasteiger partial charge in [-0.05, 0) is 25.2 Å². The zero-order valence-electron chi connectivity index (χ0n) is 6.34. The third kappa shape index (κ3) is 2.67. The van der Waals surface area contributed by atoms with Crippen LogP contribution >= 0.6 is 0 Å². The molecule has 0 aromatic rings. The molecule has 1 fully saturated rings. The van der Waals surface area contributed by atoms with Gasteiger partial charge in [-0.2, -0.15) is 0 Å². The molecule has 1 aliphatic heterocycles. The van der Waals surface area contributed by atoms with Gasteiger partial charge in [0.05, 0.1) is 6.61 Å². The topological polar surface area (TPSA) is 29.1 Å². The fourth-order valence-electron chi connectivity index (χ4n) is 1.35. The molecule has 0 aromatic carbocycles. The van der Waals surface area contributed by atoms with E-state index in [1.165, 1.54) is 12.8 Å². The summed E-state index contributed by atoms with van der Waals surface area (Å²) in [6, 6.07) is 0. The maximum Gasteiger partial charge on any atom is 0.0822 e. The highest BCUT2D eigenvalue weighted by atomic mass is 16.5. The lowest BCUT2D eigenvalue weighted by Crippen LogP contribution is -1.98. The first-order valence-corrected chi connectivity index (χ1v) is 4.09. The third-order valence-electron chi connectivity index (χ3n) is 2.03. The normalized spacial score (nSPS) is 25.5. The Labute approximate surface area is 62.2 Å². The maximum absolute atomic E-state index is 10.1. The van der Waals surface area contributed by atoms with E-state index < -0.39 is 0 Å². The van der Waals surface area contributed by atoms with Gasteiger partial charge in [0.1, 0.15) is 0 Å². The van der Waals surface area contributed by atoms with Crippen LogP contribution in [0.3, 0.4) is 0 Å². The van der Waals surface area contributed by atoms with Crippen molar-refractivity contribution in [1.29, 1.82) is 0 Å². The van der Waals surface area contributed by atoms with Crippen LogP contribution in [0.2, 0.25) is 0 Å². The Bertz CT molecular complexity index is 77.3. The van der Waals surface area contributed by atoms with E-state index in [0.29, 0.717) is 0 Å². The first-order chi connectivity index (χ1) is 4.93. The van der Waals surface area contributed by atoms with Crippen molar-refractivity contribution < 1.29 is 9.84 Å². The molecule has 1 saturated heterocycles. The summed E-state index contributed by atoms with van der Waals surface area (Å²) in [5.74, 6) is 0.756. The van der Waals surface area contributed by atoms with Gasteiger partial charge in [-0.15, -0.1) is 0 Å². The third-order valence-corrected chi connectivity index (χ3v) is 2.03. The van der Waals surface area contributed by atoms with Crippen LogP contribution in [0, 0.1) is 5.92 Å². The molecule has 1 atom stereocenters. The Morgan fingerprint density at radius 3 is 2.90 bits per heavy atom. The highest BCUT2D eigenvalue weighted by Gasteiger charge is 2.14. The molecule has 0 saturated carbocycles. The molecule has 1 radical (unpaired) electrons. The molecule has 1 aliphatic rings. The Kier molecular flexibility index (Phi) is 3.76. The zero-order valence-corrected chi connectivity index (χ0v) is 6.34. The van der Waals surface area contributed by atoms with Crippen LogP contribution in [0.5, 0.6) is 0 Å². The van der Waals surface area contributed by atoms with Gasteiger partial charge in [-0.25, -0.2) is 5.11 Å². The van der Waals surface area contributed by atoms with Crippen molar-refractivity contribution >= 4 is 0 Å². The summed E-state index contributed by atoms with van der Waals surface area (Å²) in [4.78, 5) is 0. The second kappa shape index (κ2) is 4.69. The Morgan fingerprint density at radius 2 is 2.30 bits per heavy atom. The fraction of sp³-hybridized carbons (Fsp3) is 1.00. The van der Waals surface area contributed by atoms with E-state index in [1.54, 1.807) is 0 Å². The van der Waals surface area contributed by atoms with Crippen LogP contribution in [-0.4, -0.2) is 19.8 Å². The van der Waals surface area contributed by atoms with Gasteiger partial charge in [0.25, 0.3) is 0 Å². The monoisotopic (exact) mass is 143 g/mol. The summed E-state index contributed by atoms with van der Waals surface area (Å²) in [6.45, 7) is 1.95. The molecular formula is C8H15O2. The van der Waals surface area contributed by atoms with Gasteiger partial charge >= 0.3 is 0 Å². The predicted molar refractivity (Wildman–Crippen MR) is 38.3 cm³/mol. The smallest absolute Gasteiger partial charge is 0.0822 e. The average molecular weight is 143 g/mol. The van der Waals surface area contributed by atoms with E-state index in [4.69, 9.17) is 4.74 Å². The first-order valence-electron chi connectivity index (χ1n) is 4.09. The second-order valence-electron chi connectivity index (χ2n) is 2.93. The van der Waals surface area contributed by atoms with Gasteiger partial charge in [-0.3, -0.25) is 0 Å². The van der Waals surface area contributed by atoms with E-state index in [-0.39, 0.29) is 6.61 Å². The summed E-state index contributed by atoms with van der Waals surface area (Å²) in [5.41, 5.74) is 0. The largest absolute Gasteiger partial charge is 0.381 e. The lowest BCUT2D eigenvalue weighted by molar-refractivity contribution is 0.174. The highest BCUT2D eigenvalue weighted by Crippen LogP contribution is 2.18. The van der Waals surface area contributed by atoms with Gasteiger partial charge in [-0.1, -0.05) is 6.42 Å². The van der Waals surface area contributed by atoms with Gasteiger partial charge in [0, 0.05) is 13.2 Å². The molecule has 2 nitrogen and oxygen atoms in total. The zero-order chi connectivity index (χ0) is 7.23. The highest BCUT2D eigenvalue weighted by molar-refractivity contribution is 4.63. The molecule has 10 heavy (non-hydrogen) atoms. The molecule has 1 unspecified atom stereocenters. The molecular weight excluding hydrogens is 128 g/mol. The van der Waals surface area contributed by atoms with Crippen molar-refractivity contribution in [3.8, 4) is 0 Å². The van der Waals surface area contributed by atoms with Crippen molar-refractivity contribution in [3.05, 3.63) is 0 Å². The van der Waals surface area contributed by atoms with Crippen molar-refractivity contribution in [2.45, 2.75) is 25.7 Å². The minimum atomic E-state index is 0.0909. The molecule has 0 spiro atoms. The Hall–Kier alpha value is -0.0800. The number of unbranched alkanes of at least 4 members (excludes halogenated alkanes) is 1. The molecule has 0 aliphatic carbocycles. The SMILES string of the molecule is [O]CCCCC1CCOC1. The minimum Gasteiger partial charge on any atom is -0.381 e. The molecule has 0 amide bonds. The van der Waals surface area contributed by atoms with E-state index in [1.807, 2.05) is 0 Å². The van der Waals surface area contributed by atoms with Crippen LogP contribution in [0.15, 0.2) is 0 Å². The van der Waals surface area contributed by atoms with E-state index in [9.17, 15) is 5.11 Å². The summed E-state index contributed by atoms with van der Waals surface area (Å²) < 4.78 is 5.21.